The summed E-state index contributed by atoms with van der Waals surface area (Å²) in [5, 5.41) is 3.35. The van der Waals surface area contributed by atoms with Gasteiger partial charge in [-0.05, 0) is 38.3 Å². The number of fused-ring (bicyclic) bond motifs is 2. The first-order chi connectivity index (χ1) is 9.56. The van der Waals surface area contributed by atoms with Crippen LogP contribution in [0.5, 0.6) is 0 Å². The number of benzene rings is 1. The van der Waals surface area contributed by atoms with Crippen LogP contribution in [0, 0.1) is 6.92 Å². The van der Waals surface area contributed by atoms with Crippen molar-refractivity contribution in [3.63, 3.8) is 0 Å². The fraction of sp³-hybridized carbons (Fsp3) is 0.600. The topological polar surface area (TPSA) is 49.4 Å². The highest BCUT2D eigenvalue weighted by Gasteiger charge is 2.42. The van der Waals surface area contributed by atoms with Crippen molar-refractivity contribution in [3.05, 3.63) is 35.4 Å². The van der Waals surface area contributed by atoms with Gasteiger partial charge in [0.25, 0.3) is 0 Å². The van der Waals surface area contributed by atoms with Crippen LogP contribution in [0.25, 0.3) is 0 Å². The van der Waals surface area contributed by atoms with Crippen molar-refractivity contribution in [2.24, 2.45) is 0 Å². The van der Waals surface area contributed by atoms with E-state index in [0.29, 0.717) is 0 Å². The van der Waals surface area contributed by atoms with Crippen molar-refractivity contribution < 1.29 is 8.42 Å². The van der Waals surface area contributed by atoms with Crippen molar-refractivity contribution in [3.8, 4) is 0 Å². The van der Waals surface area contributed by atoms with E-state index in [0.717, 1.165) is 43.5 Å². The van der Waals surface area contributed by atoms with Gasteiger partial charge in [0.05, 0.1) is 5.75 Å². The minimum absolute atomic E-state index is 0. The van der Waals surface area contributed by atoms with Crippen molar-refractivity contribution in [1.82, 2.24) is 9.62 Å². The van der Waals surface area contributed by atoms with Crippen LogP contribution in [0.15, 0.2) is 24.3 Å². The number of hydrogen-bond donors (Lipinski definition) is 1. The van der Waals surface area contributed by atoms with E-state index in [4.69, 9.17) is 0 Å². The molecule has 1 N–H and O–H groups in total. The molecule has 0 radical (unpaired) electrons. The van der Waals surface area contributed by atoms with Crippen molar-refractivity contribution in [2.45, 2.75) is 44.0 Å². The number of nitrogens with one attached hydrogen (secondary N) is 1. The number of sulfonamides is 1. The molecule has 4 nitrogen and oxygen atoms in total. The first-order valence-electron chi connectivity index (χ1n) is 7.34. The molecule has 6 heteroatoms. The largest absolute Gasteiger partial charge is 0.315 e. The zero-order chi connectivity index (χ0) is 14.2. The molecular weight excluding hydrogens is 308 g/mol. The fourth-order valence-electron chi connectivity index (χ4n) is 3.48. The van der Waals surface area contributed by atoms with Crippen LogP contribution < -0.4 is 5.32 Å². The van der Waals surface area contributed by atoms with E-state index in [9.17, 15) is 8.42 Å². The molecule has 2 bridgehead atoms. The van der Waals surface area contributed by atoms with Crippen LogP contribution in [0.1, 0.15) is 30.4 Å². The maximum absolute atomic E-state index is 12.8. The Morgan fingerprint density at radius 1 is 1.24 bits per heavy atom. The quantitative estimate of drug-likeness (QED) is 0.923. The minimum atomic E-state index is -3.22. The summed E-state index contributed by atoms with van der Waals surface area (Å²) >= 11 is 0. The van der Waals surface area contributed by atoms with Gasteiger partial charge < -0.3 is 5.32 Å². The summed E-state index contributed by atoms with van der Waals surface area (Å²) in [4.78, 5) is 0. The van der Waals surface area contributed by atoms with Gasteiger partial charge in [-0.1, -0.05) is 29.8 Å². The average Bonchev–Trinajstić information content (AvgIpc) is 2.63. The van der Waals surface area contributed by atoms with E-state index in [2.05, 4.69) is 5.32 Å². The van der Waals surface area contributed by atoms with Crippen LogP contribution in [0.2, 0.25) is 0 Å². The Balaban J connectivity index is 0.00000161. The molecule has 2 aliphatic rings. The zero-order valence-corrected chi connectivity index (χ0v) is 13.9. The molecule has 0 saturated carbocycles. The van der Waals surface area contributed by atoms with Gasteiger partial charge in [0.1, 0.15) is 0 Å². The highest BCUT2D eigenvalue weighted by Crippen LogP contribution is 2.32. The lowest BCUT2D eigenvalue weighted by Crippen LogP contribution is -2.43. The maximum Gasteiger partial charge on any atom is 0.218 e. The summed E-state index contributed by atoms with van der Waals surface area (Å²) in [5.41, 5.74) is 2.00. The predicted octanol–water partition coefficient (Wildman–Crippen LogP) is 2.07. The molecule has 2 saturated heterocycles. The van der Waals surface area contributed by atoms with Gasteiger partial charge in [-0.25, -0.2) is 8.42 Å². The van der Waals surface area contributed by atoms with Gasteiger partial charge >= 0.3 is 0 Å². The van der Waals surface area contributed by atoms with Gasteiger partial charge in [0, 0.05) is 18.6 Å². The molecule has 1 aromatic rings. The standard InChI is InChI=1S/C15H22N2O2S.ClH/c1-12-3-2-4-13(9-12)11-20(18,19)17-14-5-6-15(17)10-16-8-7-14;/h2-4,9,14-16H,5-8,10-11H2,1H3;1H. The summed E-state index contributed by atoms with van der Waals surface area (Å²) in [6, 6.07) is 8.15. The molecule has 118 valence electrons. The van der Waals surface area contributed by atoms with Gasteiger partial charge in [-0.3, -0.25) is 0 Å². The molecule has 21 heavy (non-hydrogen) atoms. The lowest BCUT2D eigenvalue weighted by molar-refractivity contribution is 0.334. The van der Waals surface area contributed by atoms with Gasteiger partial charge in [0.2, 0.25) is 10.0 Å². The molecule has 0 amide bonds. The molecule has 2 unspecified atom stereocenters. The van der Waals surface area contributed by atoms with E-state index >= 15 is 0 Å². The summed E-state index contributed by atoms with van der Waals surface area (Å²) < 4.78 is 27.4. The summed E-state index contributed by atoms with van der Waals surface area (Å²) in [6.45, 7) is 3.72. The summed E-state index contributed by atoms with van der Waals surface area (Å²) in [7, 11) is -3.22. The van der Waals surface area contributed by atoms with E-state index < -0.39 is 10.0 Å². The Labute approximate surface area is 133 Å². The normalized spacial score (nSPS) is 26.1. The molecule has 2 atom stereocenters. The molecular formula is C15H23ClN2O2S. The molecule has 0 aliphatic carbocycles. The summed E-state index contributed by atoms with van der Waals surface area (Å²) in [6.07, 6.45) is 2.94. The average molecular weight is 331 g/mol. The Hall–Kier alpha value is -0.620. The number of aryl methyl sites for hydroxylation is 1. The molecule has 2 aliphatic heterocycles. The molecule has 3 rings (SSSR count). The minimum Gasteiger partial charge on any atom is -0.315 e. The lowest BCUT2D eigenvalue weighted by Gasteiger charge is -2.27. The van der Waals surface area contributed by atoms with Crippen LogP contribution in [0.3, 0.4) is 0 Å². The van der Waals surface area contributed by atoms with Crippen LogP contribution in [0.4, 0.5) is 0 Å². The predicted molar refractivity (Wildman–Crippen MR) is 87.2 cm³/mol. The van der Waals surface area contributed by atoms with Gasteiger partial charge in [0.15, 0.2) is 0 Å². The van der Waals surface area contributed by atoms with Crippen molar-refractivity contribution >= 4 is 22.4 Å². The highest BCUT2D eigenvalue weighted by molar-refractivity contribution is 7.88. The van der Waals surface area contributed by atoms with Gasteiger partial charge in [-0.15, -0.1) is 12.4 Å². The SMILES string of the molecule is Cc1cccc(CS(=O)(=O)N2C3CCNCC2CC3)c1.Cl. The van der Waals surface area contributed by atoms with E-state index in [1.54, 1.807) is 4.31 Å². The highest BCUT2D eigenvalue weighted by atomic mass is 35.5. The number of rotatable bonds is 3. The van der Waals surface area contributed by atoms with Crippen LogP contribution in [-0.2, 0) is 15.8 Å². The Bertz CT molecular complexity index is 577. The van der Waals surface area contributed by atoms with Crippen molar-refractivity contribution in [2.75, 3.05) is 13.1 Å². The van der Waals surface area contributed by atoms with Crippen molar-refractivity contribution in [1.29, 1.82) is 0 Å². The third kappa shape index (κ3) is 3.59. The molecule has 2 fully saturated rings. The second-order valence-corrected chi connectivity index (χ2v) is 7.83. The Morgan fingerprint density at radius 3 is 2.76 bits per heavy atom. The van der Waals surface area contributed by atoms with Crippen LogP contribution >= 0.6 is 12.4 Å². The second-order valence-electron chi connectivity index (χ2n) is 5.95. The van der Waals surface area contributed by atoms with E-state index in [-0.39, 0.29) is 30.2 Å². The lowest BCUT2D eigenvalue weighted by atomic mass is 10.1. The number of nitrogens with zero attached hydrogens (tertiary/aromatic N) is 1. The Morgan fingerprint density at radius 2 is 2.00 bits per heavy atom. The first-order valence-corrected chi connectivity index (χ1v) is 8.95. The van der Waals surface area contributed by atoms with Gasteiger partial charge in [-0.2, -0.15) is 4.31 Å². The third-order valence-corrected chi connectivity index (χ3v) is 6.28. The molecule has 0 spiro atoms. The smallest absolute Gasteiger partial charge is 0.218 e. The maximum atomic E-state index is 12.8. The second kappa shape index (κ2) is 6.65. The third-order valence-electron chi connectivity index (χ3n) is 4.34. The first kappa shape index (κ1) is 16.7. The Kier molecular flexibility index (Phi) is 5.30. The summed E-state index contributed by atoms with van der Waals surface area (Å²) in [5.74, 6) is 0.127. The number of halogens is 1. The van der Waals surface area contributed by atoms with E-state index in [1.807, 2.05) is 31.2 Å². The number of hydrogen-bond acceptors (Lipinski definition) is 3. The molecule has 1 aromatic carbocycles. The molecule has 0 aromatic heterocycles. The molecule has 2 heterocycles. The van der Waals surface area contributed by atoms with Crippen LogP contribution in [-0.4, -0.2) is 37.9 Å². The zero-order valence-electron chi connectivity index (χ0n) is 12.3. The fourth-order valence-corrected chi connectivity index (χ4v) is 5.53. The van der Waals surface area contributed by atoms with E-state index in [1.165, 1.54) is 0 Å². The monoisotopic (exact) mass is 330 g/mol.